The Bertz CT molecular complexity index is 650. The Morgan fingerprint density at radius 3 is 2.38 bits per heavy atom. The van der Waals surface area contributed by atoms with E-state index in [1.165, 1.54) is 7.05 Å². The highest BCUT2D eigenvalue weighted by Gasteiger charge is 2.11. The van der Waals surface area contributed by atoms with E-state index in [1.807, 2.05) is 19.9 Å². The van der Waals surface area contributed by atoms with Crippen LogP contribution in [0.4, 0.5) is 0 Å². The lowest BCUT2D eigenvalue weighted by Gasteiger charge is -2.14. The van der Waals surface area contributed by atoms with Crippen LogP contribution >= 0.6 is 0 Å². The third-order valence-corrected chi connectivity index (χ3v) is 2.71. The average molecular weight is 218 g/mol. The van der Waals surface area contributed by atoms with E-state index in [4.69, 9.17) is 0 Å². The normalized spacial score (nSPS) is 11.2. The summed E-state index contributed by atoms with van der Waals surface area (Å²) in [5, 5.41) is 0.582. The lowest BCUT2D eigenvalue weighted by Crippen LogP contribution is -2.38. The van der Waals surface area contributed by atoms with Gasteiger partial charge in [0.25, 0.3) is 5.56 Å². The predicted molar refractivity (Wildman–Crippen MR) is 63.8 cm³/mol. The van der Waals surface area contributed by atoms with Gasteiger partial charge in [0.05, 0.1) is 10.9 Å². The van der Waals surface area contributed by atoms with Gasteiger partial charge in [0, 0.05) is 13.1 Å². The quantitative estimate of drug-likeness (QED) is 0.723. The van der Waals surface area contributed by atoms with Crippen molar-refractivity contribution in [1.82, 2.24) is 9.13 Å². The molecule has 0 saturated heterocycles. The fourth-order valence-corrected chi connectivity index (χ4v) is 1.90. The molecule has 0 fully saturated rings. The van der Waals surface area contributed by atoms with Gasteiger partial charge < -0.3 is 0 Å². The van der Waals surface area contributed by atoms with E-state index in [-0.39, 0.29) is 17.3 Å². The second-order valence-electron chi connectivity index (χ2n) is 4.13. The lowest BCUT2D eigenvalue weighted by atomic mass is 10.2. The van der Waals surface area contributed by atoms with Crippen LogP contribution < -0.4 is 11.2 Å². The number of fused-ring (bicyclic) bond motifs is 1. The number of nitrogens with zero attached hydrogens (tertiary/aromatic N) is 2. The summed E-state index contributed by atoms with van der Waals surface area (Å²) >= 11 is 0. The van der Waals surface area contributed by atoms with E-state index >= 15 is 0 Å². The summed E-state index contributed by atoms with van der Waals surface area (Å²) in [6, 6.07) is 7.22. The Morgan fingerprint density at radius 2 is 1.75 bits per heavy atom. The zero-order valence-corrected chi connectivity index (χ0v) is 9.60. The highest BCUT2D eigenvalue weighted by atomic mass is 16.2. The molecule has 0 spiro atoms. The fourth-order valence-electron chi connectivity index (χ4n) is 1.90. The van der Waals surface area contributed by atoms with E-state index < -0.39 is 0 Å². The molecule has 4 nitrogen and oxygen atoms in total. The van der Waals surface area contributed by atoms with E-state index in [9.17, 15) is 9.59 Å². The third-order valence-electron chi connectivity index (χ3n) is 2.71. The minimum atomic E-state index is -0.265. The smallest absolute Gasteiger partial charge is 0.291 e. The SMILES string of the molecule is CC(C)n1c(=O)n(C)c(=O)c2ccccc21. The predicted octanol–water partition coefficient (Wildman–Crippen LogP) is 1.28. The maximum Gasteiger partial charge on any atom is 0.331 e. The maximum atomic E-state index is 12.0. The molecule has 1 heterocycles. The molecule has 16 heavy (non-hydrogen) atoms. The van der Waals surface area contributed by atoms with Crippen molar-refractivity contribution in [3.8, 4) is 0 Å². The van der Waals surface area contributed by atoms with Crippen LogP contribution in [0.15, 0.2) is 33.9 Å². The monoisotopic (exact) mass is 218 g/mol. The lowest BCUT2D eigenvalue weighted by molar-refractivity contribution is 0.556. The van der Waals surface area contributed by atoms with Crippen LogP contribution in [0.1, 0.15) is 19.9 Å². The third kappa shape index (κ3) is 1.38. The van der Waals surface area contributed by atoms with Gasteiger partial charge in [-0.25, -0.2) is 4.79 Å². The van der Waals surface area contributed by atoms with E-state index in [0.717, 1.165) is 4.57 Å². The first kappa shape index (κ1) is 10.7. The second kappa shape index (κ2) is 3.63. The van der Waals surface area contributed by atoms with Crippen molar-refractivity contribution in [2.75, 3.05) is 0 Å². The number of para-hydroxylation sites is 1. The Labute approximate surface area is 92.8 Å². The number of hydrogen-bond acceptors (Lipinski definition) is 2. The molecule has 2 aromatic rings. The molecule has 0 radical (unpaired) electrons. The van der Waals surface area contributed by atoms with Crippen LogP contribution in [-0.2, 0) is 7.05 Å². The molecule has 0 unspecified atom stereocenters. The van der Waals surface area contributed by atoms with Crippen molar-refractivity contribution in [3.63, 3.8) is 0 Å². The van der Waals surface area contributed by atoms with Crippen LogP contribution in [0.2, 0.25) is 0 Å². The van der Waals surface area contributed by atoms with Crippen molar-refractivity contribution in [2.45, 2.75) is 19.9 Å². The summed E-state index contributed by atoms with van der Waals surface area (Å²) in [6.45, 7) is 3.86. The molecule has 0 aliphatic heterocycles. The fraction of sp³-hybridized carbons (Fsp3) is 0.333. The number of aromatic nitrogens is 2. The Morgan fingerprint density at radius 1 is 1.12 bits per heavy atom. The molecule has 1 aromatic heterocycles. The van der Waals surface area contributed by atoms with Gasteiger partial charge in [-0.1, -0.05) is 12.1 Å². The molecule has 4 heteroatoms. The minimum Gasteiger partial charge on any atom is -0.291 e. The molecule has 0 N–H and O–H groups in total. The highest BCUT2D eigenvalue weighted by Crippen LogP contribution is 2.11. The molecule has 1 aromatic carbocycles. The summed E-state index contributed by atoms with van der Waals surface area (Å²) in [6.07, 6.45) is 0. The Hall–Kier alpha value is -1.84. The van der Waals surface area contributed by atoms with E-state index in [0.29, 0.717) is 10.9 Å². The first-order valence-corrected chi connectivity index (χ1v) is 5.24. The van der Waals surface area contributed by atoms with Gasteiger partial charge in [-0.15, -0.1) is 0 Å². The van der Waals surface area contributed by atoms with Crippen molar-refractivity contribution in [1.29, 1.82) is 0 Å². The summed E-state index contributed by atoms with van der Waals surface area (Å²) in [5.74, 6) is 0. The van der Waals surface area contributed by atoms with Gasteiger partial charge in [0.15, 0.2) is 0 Å². The zero-order chi connectivity index (χ0) is 11.9. The summed E-state index contributed by atoms with van der Waals surface area (Å²) in [4.78, 5) is 23.8. The molecule has 0 bridgehead atoms. The van der Waals surface area contributed by atoms with Gasteiger partial charge >= 0.3 is 5.69 Å². The zero-order valence-electron chi connectivity index (χ0n) is 9.60. The van der Waals surface area contributed by atoms with Crippen molar-refractivity contribution >= 4 is 10.9 Å². The van der Waals surface area contributed by atoms with E-state index in [1.54, 1.807) is 22.8 Å². The largest absolute Gasteiger partial charge is 0.331 e. The Kier molecular flexibility index (Phi) is 2.42. The number of benzene rings is 1. The van der Waals surface area contributed by atoms with Crippen molar-refractivity contribution in [2.24, 2.45) is 7.05 Å². The molecular weight excluding hydrogens is 204 g/mol. The van der Waals surface area contributed by atoms with Gasteiger partial charge in [-0.3, -0.25) is 13.9 Å². The van der Waals surface area contributed by atoms with Crippen LogP contribution in [0.3, 0.4) is 0 Å². The van der Waals surface area contributed by atoms with Gasteiger partial charge in [0.2, 0.25) is 0 Å². The van der Waals surface area contributed by atoms with Crippen molar-refractivity contribution in [3.05, 3.63) is 45.1 Å². The summed E-state index contributed by atoms with van der Waals surface area (Å²) in [5.41, 5.74) is 0.196. The van der Waals surface area contributed by atoms with Gasteiger partial charge in [0.1, 0.15) is 0 Å². The summed E-state index contributed by atoms with van der Waals surface area (Å²) < 4.78 is 2.79. The maximum absolute atomic E-state index is 12.0. The molecule has 0 amide bonds. The molecule has 0 aliphatic rings. The molecular formula is C12H14N2O2. The minimum absolute atomic E-state index is 0.0317. The molecule has 0 aliphatic carbocycles. The van der Waals surface area contributed by atoms with Gasteiger partial charge in [-0.2, -0.15) is 0 Å². The van der Waals surface area contributed by atoms with Gasteiger partial charge in [-0.05, 0) is 26.0 Å². The van der Waals surface area contributed by atoms with E-state index in [2.05, 4.69) is 0 Å². The Balaban J connectivity index is 3.11. The number of hydrogen-bond donors (Lipinski definition) is 0. The average Bonchev–Trinajstić information content (AvgIpc) is 2.26. The topological polar surface area (TPSA) is 44.0 Å². The number of rotatable bonds is 1. The van der Waals surface area contributed by atoms with Crippen LogP contribution in [0.25, 0.3) is 10.9 Å². The molecule has 0 saturated carbocycles. The first-order chi connectivity index (χ1) is 7.54. The molecule has 0 atom stereocenters. The summed E-state index contributed by atoms with van der Waals surface area (Å²) in [7, 11) is 1.51. The van der Waals surface area contributed by atoms with Crippen LogP contribution in [-0.4, -0.2) is 9.13 Å². The van der Waals surface area contributed by atoms with Crippen molar-refractivity contribution < 1.29 is 0 Å². The highest BCUT2D eigenvalue weighted by molar-refractivity contribution is 5.77. The second-order valence-corrected chi connectivity index (χ2v) is 4.13. The first-order valence-electron chi connectivity index (χ1n) is 5.24. The van der Waals surface area contributed by atoms with Crippen LogP contribution in [0, 0.1) is 0 Å². The standard InChI is InChI=1S/C12H14N2O2/c1-8(2)14-10-7-5-4-6-9(10)11(15)13(3)12(14)16/h4-8H,1-3H3. The molecule has 2 rings (SSSR count). The van der Waals surface area contributed by atoms with Crippen LogP contribution in [0.5, 0.6) is 0 Å². The molecule has 84 valence electrons.